The number of nitrogens with one attached hydrogen (secondary N) is 1. The van der Waals surface area contributed by atoms with Crippen LogP contribution in [0.1, 0.15) is 36.8 Å². The molecule has 1 aliphatic rings. The average Bonchev–Trinajstić information content (AvgIpc) is 3.15. The van der Waals surface area contributed by atoms with Crippen molar-refractivity contribution in [3.8, 4) is 17.2 Å². The molecule has 0 radical (unpaired) electrons. The number of nitrogens with zero attached hydrogens (tertiary/aromatic N) is 2. The van der Waals surface area contributed by atoms with Gasteiger partial charge in [-0.25, -0.2) is 4.68 Å². The number of carbonyl (C=O) groups excluding carboxylic acids is 1. The first kappa shape index (κ1) is 19.3. The van der Waals surface area contributed by atoms with E-state index in [1.54, 1.807) is 24.1 Å². The van der Waals surface area contributed by atoms with Crippen LogP contribution in [0.3, 0.4) is 0 Å². The van der Waals surface area contributed by atoms with E-state index in [4.69, 9.17) is 21.1 Å². The van der Waals surface area contributed by atoms with Crippen LogP contribution in [0.2, 0.25) is 5.02 Å². The molecule has 2 heterocycles. The minimum atomic E-state index is -0.186. The Labute approximate surface area is 174 Å². The SMILES string of the molecule is CCCOc1c(OC)cccc1[C@H]1CC(=O)Nc2c1cnn2-c1cccc(Cl)c1. The summed E-state index contributed by atoms with van der Waals surface area (Å²) in [7, 11) is 1.62. The molecule has 4 rings (SSSR count). The van der Waals surface area contributed by atoms with Crippen molar-refractivity contribution >= 4 is 23.3 Å². The maximum Gasteiger partial charge on any atom is 0.226 e. The highest BCUT2D eigenvalue weighted by Gasteiger charge is 2.33. The van der Waals surface area contributed by atoms with Gasteiger partial charge in [0.05, 0.1) is 25.6 Å². The largest absolute Gasteiger partial charge is 0.493 e. The lowest BCUT2D eigenvalue weighted by Gasteiger charge is -2.26. The molecular formula is C22H22ClN3O3. The Hall–Kier alpha value is -2.99. The van der Waals surface area contributed by atoms with Gasteiger partial charge in [0.1, 0.15) is 5.82 Å². The van der Waals surface area contributed by atoms with Gasteiger partial charge in [0.25, 0.3) is 0 Å². The van der Waals surface area contributed by atoms with Crippen molar-refractivity contribution in [2.45, 2.75) is 25.7 Å². The predicted molar refractivity (Wildman–Crippen MR) is 112 cm³/mol. The number of amides is 1. The number of methoxy groups -OCH3 is 1. The maximum atomic E-state index is 12.6. The number of para-hydroxylation sites is 1. The van der Waals surface area contributed by atoms with Gasteiger partial charge in [-0.1, -0.05) is 36.7 Å². The maximum absolute atomic E-state index is 12.6. The third-order valence-electron chi connectivity index (χ3n) is 4.93. The number of fused-ring (bicyclic) bond motifs is 1. The Morgan fingerprint density at radius 2 is 2.07 bits per heavy atom. The van der Waals surface area contributed by atoms with Crippen molar-refractivity contribution in [3.05, 3.63) is 64.8 Å². The van der Waals surface area contributed by atoms with Gasteiger partial charge in [0.2, 0.25) is 5.91 Å². The van der Waals surface area contributed by atoms with E-state index >= 15 is 0 Å². The third-order valence-corrected chi connectivity index (χ3v) is 5.16. The lowest BCUT2D eigenvalue weighted by molar-refractivity contribution is -0.116. The molecule has 0 spiro atoms. The molecule has 0 bridgehead atoms. The summed E-state index contributed by atoms with van der Waals surface area (Å²) in [5.41, 5.74) is 2.63. The smallest absolute Gasteiger partial charge is 0.226 e. The van der Waals surface area contributed by atoms with E-state index in [0.29, 0.717) is 35.4 Å². The molecule has 1 aliphatic heterocycles. The molecule has 7 heteroatoms. The number of anilines is 1. The van der Waals surface area contributed by atoms with Gasteiger partial charge < -0.3 is 14.8 Å². The molecule has 1 N–H and O–H groups in total. The van der Waals surface area contributed by atoms with Crippen molar-refractivity contribution in [2.24, 2.45) is 0 Å². The highest BCUT2D eigenvalue weighted by atomic mass is 35.5. The number of carbonyl (C=O) groups is 1. The first-order valence-electron chi connectivity index (χ1n) is 9.55. The second-order valence-corrected chi connectivity index (χ2v) is 7.31. The number of halogens is 1. The summed E-state index contributed by atoms with van der Waals surface area (Å²) in [6.07, 6.45) is 2.98. The fraction of sp³-hybridized carbons (Fsp3) is 0.273. The summed E-state index contributed by atoms with van der Waals surface area (Å²) >= 11 is 6.14. The molecule has 1 amide bonds. The number of ether oxygens (including phenoxy) is 2. The zero-order valence-corrected chi connectivity index (χ0v) is 17.1. The Kier molecular flexibility index (Phi) is 5.45. The van der Waals surface area contributed by atoms with Crippen LogP contribution in [-0.2, 0) is 4.79 Å². The van der Waals surface area contributed by atoms with Gasteiger partial charge in [-0.3, -0.25) is 4.79 Å². The van der Waals surface area contributed by atoms with Crippen LogP contribution in [0.4, 0.5) is 5.82 Å². The molecule has 29 heavy (non-hydrogen) atoms. The molecule has 3 aromatic rings. The molecular weight excluding hydrogens is 390 g/mol. The zero-order chi connectivity index (χ0) is 20.4. The van der Waals surface area contributed by atoms with Crippen molar-refractivity contribution in [1.29, 1.82) is 0 Å². The Bertz CT molecular complexity index is 1050. The van der Waals surface area contributed by atoms with E-state index in [1.807, 2.05) is 36.4 Å². The van der Waals surface area contributed by atoms with Crippen LogP contribution in [-0.4, -0.2) is 29.4 Å². The van der Waals surface area contributed by atoms with Crippen molar-refractivity contribution in [2.75, 3.05) is 19.0 Å². The number of hydrogen-bond acceptors (Lipinski definition) is 4. The van der Waals surface area contributed by atoms with Crippen LogP contribution >= 0.6 is 11.6 Å². The van der Waals surface area contributed by atoms with Gasteiger partial charge in [0, 0.05) is 28.5 Å². The Balaban J connectivity index is 1.82. The molecule has 1 atom stereocenters. The number of hydrogen-bond donors (Lipinski definition) is 1. The molecule has 0 fully saturated rings. The van der Waals surface area contributed by atoms with E-state index < -0.39 is 0 Å². The first-order chi connectivity index (χ1) is 14.1. The lowest BCUT2D eigenvalue weighted by Crippen LogP contribution is -2.25. The summed E-state index contributed by atoms with van der Waals surface area (Å²) in [4.78, 5) is 12.6. The zero-order valence-electron chi connectivity index (χ0n) is 16.3. The number of rotatable bonds is 6. The molecule has 150 valence electrons. The normalized spacial score (nSPS) is 15.6. The molecule has 0 saturated carbocycles. The van der Waals surface area contributed by atoms with Gasteiger partial charge in [-0.15, -0.1) is 0 Å². The van der Waals surface area contributed by atoms with Gasteiger partial charge in [0.15, 0.2) is 11.5 Å². The molecule has 0 saturated heterocycles. The molecule has 0 unspecified atom stereocenters. The van der Waals surface area contributed by atoms with E-state index in [1.165, 1.54) is 0 Å². The molecule has 1 aromatic heterocycles. The Morgan fingerprint density at radius 1 is 1.24 bits per heavy atom. The average molecular weight is 412 g/mol. The first-order valence-corrected chi connectivity index (χ1v) is 9.93. The van der Waals surface area contributed by atoms with Crippen LogP contribution in [0, 0.1) is 0 Å². The standard InChI is InChI=1S/C22H22ClN3O3/c1-3-10-29-21-16(8-5-9-19(21)28-2)17-12-20(27)25-22-18(17)13-24-26(22)15-7-4-6-14(23)11-15/h4-9,11,13,17H,3,10,12H2,1-2H3,(H,25,27)/t17-/m1/s1. The highest BCUT2D eigenvalue weighted by Crippen LogP contribution is 2.44. The lowest BCUT2D eigenvalue weighted by atomic mass is 9.86. The van der Waals surface area contributed by atoms with E-state index in [9.17, 15) is 4.79 Å². The van der Waals surface area contributed by atoms with Crippen LogP contribution in [0.5, 0.6) is 11.5 Å². The number of benzene rings is 2. The van der Waals surface area contributed by atoms with Crippen molar-refractivity contribution < 1.29 is 14.3 Å². The van der Waals surface area contributed by atoms with Crippen molar-refractivity contribution in [3.63, 3.8) is 0 Å². The fourth-order valence-corrected chi connectivity index (χ4v) is 3.81. The topological polar surface area (TPSA) is 65.4 Å². The van der Waals surface area contributed by atoms with Crippen LogP contribution in [0.25, 0.3) is 5.69 Å². The monoisotopic (exact) mass is 411 g/mol. The Morgan fingerprint density at radius 3 is 2.83 bits per heavy atom. The minimum Gasteiger partial charge on any atom is -0.493 e. The summed E-state index contributed by atoms with van der Waals surface area (Å²) in [6, 6.07) is 13.1. The van der Waals surface area contributed by atoms with Crippen LogP contribution in [0.15, 0.2) is 48.7 Å². The van der Waals surface area contributed by atoms with E-state index in [0.717, 1.165) is 23.2 Å². The van der Waals surface area contributed by atoms with Gasteiger partial charge >= 0.3 is 0 Å². The van der Waals surface area contributed by atoms with Crippen molar-refractivity contribution in [1.82, 2.24) is 9.78 Å². The van der Waals surface area contributed by atoms with Gasteiger partial charge in [-0.05, 0) is 30.7 Å². The predicted octanol–water partition coefficient (Wildman–Crippen LogP) is 4.80. The summed E-state index contributed by atoms with van der Waals surface area (Å²) in [5.74, 6) is 1.73. The summed E-state index contributed by atoms with van der Waals surface area (Å²) < 4.78 is 13.2. The van der Waals surface area contributed by atoms with E-state index in [-0.39, 0.29) is 11.8 Å². The van der Waals surface area contributed by atoms with Crippen LogP contribution < -0.4 is 14.8 Å². The molecule has 2 aromatic carbocycles. The highest BCUT2D eigenvalue weighted by molar-refractivity contribution is 6.30. The van der Waals surface area contributed by atoms with E-state index in [2.05, 4.69) is 17.3 Å². The quantitative estimate of drug-likeness (QED) is 0.632. The minimum absolute atomic E-state index is 0.0736. The second kappa shape index (κ2) is 8.17. The summed E-state index contributed by atoms with van der Waals surface area (Å²) in [6.45, 7) is 2.62. The third kappa shape index (κ3) is 3.68. The molecule has 6 nitrogen and oxygen atoms in total. The molecule has 0 aliphatic carbocycles. The summed E-state index contributed by atoms with van der Waals surface area (Å²) in [5, 5.41) is 8.09. The second-order valence-electron chi connectivity index (χ2n) is 6.87. The van der Waals surface area contributed by atoms with Gasteiger partial charge in [-0.2, -0.15) is 5.10 Å². The fourth-order valence-electron chi connectivity index (χ4n) is 3.63. The number of aromatic nitrogens is 2.